The van der Waals surface area contributed by atoms with Crippen molar-refractivity contribution >= 4 is 11.6 Å². The average Bonchev–Trinajstić information content (AvgIpc) is 2.36. The van der Waals surface area contributed by atoms with Gasteiger partial charge in [-0.15, -0.1) is 0 Å². The first kappa shape index (κ1) is 14.0. The lowest BCUT2D eigenvalue weighted by molar-refractivity contribution is 0.421. The third-order valence-electron chi connectivity index (χ3n) is 2.60. The highest BCUT2D eigenvalue weighted by atomic mass is 35.5. The van der Waals surface area contributed by atoms with Gasteiger partial charge in [-0.05, 0) is 39.0 Å². The quantitative estimate of drug-likeness (QED) is 0.928. The number of hydrogen-bond donors (Lipinski definition) is 1. The molecular weight excluding hydrogens is 258 g/mol. The van der Waals surface area contributed by atoms with Gasteiger partial charge in [0.1, 0.15) is 0 Å². The Hall–Kier alpha value is -1.45. The van der Waals surface area contributed by atoms with Crippen molar-refractivity contribution in [1.29, 1.82) is 0 Å². The van der Waals surface area contributed by atoms with Gasteiger partial charge in [-0.25, -0.2) is 9.97 Å². The third-order valence-corrected chi connectivity index (χ3v) is 2.83. The van der Waals surface area contributed by atoms with Crippen LogP contribution in [0.4, 0.5) is 0 Å². The van der Waals surface area contributed by atoms with Crippen LogP contribution in [0.2, 0.25) is 5.02 Å². The second-order valence-corrected chi connectivity index (χ2v) is 5.92. The zero-order chi connectivity index (χ0) is 13.9. The Morgan fingerprint density at radius 2 is 2.00 bits per heavy atom. The van der Waals surface area contributed by atoms with E-state index in [9.17, 15) is 0 Å². The topological polar surface area (TPSA) is 37.8 Å². The van der Waals surface area contributed by atoms with Gasteiger partial charge in [0, 0.05) is 28.9 Å². The minimum absolute atomic E-state index is 0.0706. The summed E-state index contributed by atoms with van der Waals surface area (Å²) >= 11 is 5.99. The first-order chi connectivity index (χ1) is 8.94. The smallest absolute Gasteiger partial charge is 0.159 e. The number of nitrogens with one attached hydrogen (secondary N) is 1. The number of halogens is 1. The van der Waals surface area contributed by atoms with Gasteiger partial charge in [0.15, 0.2) is 5.82 Å². The molecule has 4 heteroatoms. The van der Waals surface area contributed by atoms with Crippen LogP contribution < -0.4 is 5.32 Å². The van der Waals surface area contributed by atoms with E-state index in [1.54, 1.807) is 6.20 Å². The summed E-state index contributed by atoms with van der Waals surface area (Å²) in [7, 11) is 0. The van der Waals surface area contributed by atoms with Gasteiger partial charge in [0.25, 0.3) is 0 Å². The van der Waals surface area contributed by atoms with Crippen molar-refractivity contribution in [2.45, 2.75) is 32.9 Å². The fourth-order valence-corrected chi connectivity index (χ4v) is 1.81. The molecule has 0 spiro atoms. The lowest BCUT2D eigenvalue weighted by atomic mass is 10.1. The molecular formula is C15H18ClN3. The van der Waals surface area contributed by atoms with Gasteiger partial charge < -0.3 is 5.32 Å². The van der Waals surface area contributed by atoms with Crippen molar-refractivity contribution in [2.75, 3.05) is 0 Å². The maximum Gasteiger partial charge on any atom is 0.159 e. The van der Waals surface area contributed by atoms with E-state index in [-0.39, 0.29) is 5.54 Å². The Labute approximate surface area is 119 Å². The van der Waals surface area contributed by atoms with Crippen LogP contribution in [0, 0.1) is 0 Å². The van der Waals surface area contributed by atoms with Crippen molar-refractivity contribution in [1.82, 2.24) is 15.3 Å². The summed E-state index contributed by atoms with van der Waals surface area (Å²) in [4.78, 5) is 8.85. The molecule has 0 atom stereocenters. The molecule has 0 bridgehead atoms. The Bertz CT molecular complexity index is 561. The lowest BCUT2D eigenvalue weighted by Crippen LogP contribution is -2.35. The summed E-state index contributed by atoms with van der Waals surface area (Å²) in [6.45, 7) is 7.11. The third kappa shape index (κ3) is 4.30. The number of hydrogen-bond acceptors (Lipinski definition) is 3. The summed E-state index contributed by atoms with van der Waals surface area (Å²) in [5.74, 6) is 0.704. The standard InChI is InChI=1S/C15H18ClN3/c1-15(2,3)18-10-13-7-8-17-14(19-13)11-5-4-6-12(16)9-11/h4-9,18H,10H2,1-3H3. The van der Waals surface area contributed by atoms with Gasteiger partial charge in [-0.2, -0.15) is 0 Å². The summed E-state index contributed by atoms with van der Waals surface area (Å²) in [6.07, 6.45) is 1.78. The Kier molecular flexibility index (Phi) is 4.17. The molecule has 1 N–H and O–H groups in total. The van der Waals surface area contributed by atoms with Crippen molar-refractivity contribution in [3.05, 3.63) is 47.2 Å². The van der Waals surface area contributed by atoms with Crippen LogP contribution in [-0.4, -0.2) is 15.5 Å². The second-order valence-electron chi connectivity index (χ2n) is 5.49. The first-order valence-corrected chi connectivity index (χ1v) is 6.65. The molecule has 1 aromatic heterocycles. The molecule has 0 aliphatic heterocycles. The molecule has 0 saturated carbocycles. The van der Waals surface area contributed by atoms with E-state index < -0.39 is 0 Å². The Balaban J connectivity index is 2.20. The highest BCUT2D eigenvalue weighted by molar-refractivity contribution is 6.30. The van der Waals surface area contributed by atoms with Gasteiger partial charge in [0.2, 0.25) is 0 Å². The molecule has 0 fully saturated rings. The van der Waals surface area contributed by atoms with Crippen LogP contribution in [0.5, 0.6) is 0 Å². The van der Waals surface area contributed by atoms with E-state index in [4.69, 9.17) is 11.6 Å². The SMILES string of the molecule is CC(C)(C)NCc1ccnc(-c2cccc(Cl)c2)n1. The monoisotopic (exact) mass is 275 g/mol. The van der Waals surface area contributed by atoms with Gasteiger partial charge in [0.05, 0.1) is 5.69 Å². The molecule has 0 unspecified atom stereocenters. The van der Waals surface area contributed by atoms with Gasteiger partial charge >= 0.3 is 0 Å². The maximum absolute atomic E-state index is 5.99. The summed E-state index contributed by atoms with van der Waals surface area (Å²) < 4.78 is 0. The predicted molar refractivity (Wildman–Crippen MR) is 79.1 cm³/mol. The Morgan fingerprint density at radius 1 is 1.21 bits per heavy atom. The zero-order valence-corrected chi connectivity index (χ0v) is 12.2. The molecule has 0 amide bonds. The van der Waals surface area contributed by atoms with Crippen LogP contribution in [-0.2, 0) is 6.54 Å². The maximum atomic E-state index is 5.99. The summed E-state index contributed by atoms with van der Waals surface area (Å²) in [6, 6.07) is 9.50. The van der Waals surface area contributed by atoms with Crippen molar-refractivity contribution < 1.29 is 0 Å². The van der Waals surface area contributed by atoms with Crippen LogP contribution in [0.1, 0.15) is 26.5 Å². The van der Waals surface area contributed by atoms with Crippen LogP contribution >= 0.6 is 11.6 Å². The van der Waals surface area contributed by atoms with E-state index in [0.29, 0.717) is 10.8 Å². The number of benzene rings is 1. The number of aromatic nitrogens is 2. The molecule has 3 nitrogen and oxygen atoms in total. The fourth-order valence-electron chi connectivity index (χ4n) is 1.62. The van der Waals surface area contributed by atoms with Crippen LogP contribution in [0.15, 0.2) is 36.5 Å². The van der Waals surface area contributed by atoms with E-state index in [0.717, 1.165) is 17.8 Å². The van der Waals surface area contributed by atoms with Crippen molar-refractivity contribution in [3.63, 3.8) is 0 Å². The molecule has 100 valence electrons. The minimum Gasteiger partial charge on any atom is -0.306 e. The molecule has 1 heterocycles. The normalized spacial score (nSPS) is 11.6. The van der Waals surface area contributed by atoms with E-state index >= 15 is 0 Å². The first-order valence-electron chi connectivity index (χ1n) is 6.27. The van der Waals surface area contributed by atoms with Crippen LogP contribution in [0.3, 0.4) is 0 Å². The second kappa shape index (κ2) is 5.68. The molecule has 0 aliphatic rings. The summed E-state index contributed by atoms with van der Waals surface area (Å²) in [5, 5.41) is 4.11. The predicted octanol–water partition coefficient (Wildman–Crippen LogP) is 3.69. The molecule has 0 aliphatic carbocycles. The van der Waals surface area contributed by atoms with E-state index in [2.05, 4.69) is 36.1 Å². The minimum atomic E-state index is 0.0706. The molecule has 1 aromatic carbocycles. The summed E-state index contributed by atoms with van der Waals surface area (Å²) in [5.41, 5.74) is 1.98. The molecule has 2 rings (SSSR count). The number of rotatable bonds is 3. The van der Waals surface area contributed by atoms with Crippen LogP contribution in [0.25, 0.3) is 11.4 Å². The van der Waals surface area contributed by atoms with E-state index in [1.165, 1.54) is 0 Å². The number of nitrogens with zero attached hydrogens (tertiary/aromatic N) is 2. The van der Waals surface area contributed by atoms with Crippen molar-refractivity contribution in [3.8, 4) is 11.4 Å². The van der Waals surface area contributed by atoms with Gasteiger partial charge in [-0.1, -0.05) is 23.7 Å². The highest BCUT2D eigenvalue weighted by Gasteiger charge is 2.09. The Morgan fingerprint density at radius 3 is 2.68 bits per heavy atom. The van der Waals surface area contributed by atoms with Gasteiger partial charge in [-0.3, -0.25) is 0 Å². The highest BCUT2D eigenvalue weighted by Crippen LogP contribution is 2.19. The lowest BCUT2D eigenvalue weighted by Gasteiger charge is -2.20. The molecule has 2 aromatic rings. The largest absolute Gasteiger partial charge is 0.306 e. The molecule has 0 saturated heterocycles. The van der Waals surface area contributed by atoms with Crippen molar-refractivity contribution in [2.24, 2.45) is 0 Å². The molecule has 0 radical (unpaired) electrons. The molecule has 19 heavy (non-hydrogen) atoms. The van der Waals surface area contributed by atoms with E-state index in [1.807, 2.05) is 30.3 Å². The fraction of sp³-hybridized carbons (Fsp3) is 0.333. The zero-order valence-electron chi connectivity index (χ0n) is 11.4. The average molecular weight is 276 g/mol.